The van der Waals surface area contributed by atoms with Crippen molar-refractivity contribution < 1.29 is 49.4 Å². The maximum absolute atomic E-state index is 13.9. The zero-order valence-corrected chi connectivity index (χ0v) is 24.3. The van der Waals surface area contributed by atoms with Gasteiger partial charge in [0.25, 0.3) is 5.95 Å². The summed E-state index contributed by atoms with van der Waals surface area (Å²) in [6, 6.07) is 2.57. The van der Waals surface area contributed by atoms with Gasteiger partial charge in [-0.3, -0.25) is 4.68 Å². The maximum Gasteiger partial charge on any atom is 0.416 e. The quantitative estimate of drug-likeness (QED) is 0.184. The molecule has 1 atom stereocenters. The first-order valence-corrected chi connectivity index (χ1v) is 13.6. The SMILES string of the molecule is CCc1cn(C(CC)C(=O)O)nc1-c1ccc(C(F)(F)F)cc1CN(Cc1cc(C(F)(F)F)cc(C(F)(F)F)c1)c1nnn(C)n1. The zero-order valence-electron chi connectivity index (χ0n) is 24.3. The third-order valence-electron chi connectivity index (χ3n) is 7.03. The summed E-state index contributed by atoms with van der Waals surface area (Å²) in [6.45, 7) is 2.09. The predicted molar refractivity (Wildman–Crippen MR) is 144 cm³/mol. The predicted octanol–water partition coefficient (Wildman–Crippen LogP) is 6.93. The van der Waals surface area contributed by atoms with E-state index in [-0.39, 0.29) is 35.3 Å². The number of carboxylic acid groups (broad SMARTS) is 1. The lowest BCUT2D eigenvalue weighted by Gasteiger charge is -2.24. The minimum absolute atomic E-state index is 0.0391. The summed E-state index contributed by atoms with van der Waals surface area (Å²) in [7, 11) is 1.34. The molecule has 1 unspecified atom stereocenters. The molecule has 1 N–H and O–H groups in total. The summed E-state index contributed by atoms with van der Waals surface area (Å²) >= 11 is 0. The van der Waals surface area contributed by atoms with Crippen molar-refractivity contribution in [3.05, 3.63) is 76.0 Å². The van der Waals surface area contributed by atoms with Crippen LogP contribution in [-0.4, -0.2) is 41.1 Å². The van der Waals surface area contributed by atoms with Crippen molar-refractivity contribution in [3.8, 4) is 11.3 Å². The number of carboxylic acids is 1. The van der Waals surface area contributed by atoms with Gasteiger partial charge in [-0.05, 0) is 65.1 Å². The molecule has 2 aromatic carbocycles. The number of aliphatic carboxylic acids is 1. The summed E-state index contributed by atoms with van der Waals surface area (Å²) in [5.74, 6) is -1.49. The molecule has 0 aliphatic heterocycles. The molecule has 0 aliphatic rings. The van der Waals surface area contributed by atoms with Crippen LogP contribution in [0.2, 0.25) is 0 Å². The van der Waals surface area contributed by atoms with Crippen LogP contribution in [0.15, 0.2) is 42.6 Å². The van der Waals surface area contributed by atoms with Gasteiger partial charge in [0, 0.05) is 24.8 Å². The molecule has 0 saturated heterocycles. The van der Waals surface area contributed by atoms with Crippen LogP contribution >= 0.6 is 0 Å². The third kappa shape index (κ3) is 7.59. The van der Waals surface area contributed by atoms with Crippen LogP contribution in [0, 0.1) is 0 Å². The molecule has 2 aromatic heterocycles. The molecule has 18 heteroatoms. The van der Waals surface area contributed by atoms with Gasteiger partial charge in [-0.25, -0.2) is 4.79 Å². The molecule has 46 heavy (non-hydrogen) atoms. The number of carbonyl (C=O) groups is 1. The van der Waals surface area contributed by atoms with Crippen molar-refractivity contribution in [2.24, 2.45) is 7.05 Å². The van der Waals surface area contributed by atoms with Gasteiger partial charge < -0.3 is 10.0 Å². The second-order valence-electron chi connectivity index (χ2n) is 10.3. The van der Waals surface area contributed by atoms with Gasteiger partial charge in [-0.1, -0.05) is 25.0 Å². The van der Waals surface area contributed by atoms with Crippen molar-refractivity contribution in [3.63, 3.8) is 0 Å². The normalized spacial score (nSPS) is 13.2. The minimum atomic E-state index is -5.14. The number of alkyl halides is 9. The molecule has 0 aliphatic carbocycles. The highest BCUT2D eigenvalue weighted by Crippen LogP contribution is 2.38. The highest BCUT2D eigenvalue weighted by atomic mass is 19.4. The molecular weight excluding hydrogens is 637 g/mol. The first kappa shape index (κ1) is 34.2. The number of rotatable bonds is 10. The Hall–Kier alpha value is -4.64. The van der Waals surface area contributed by atoms with Crippen molar-refractivity contribution >= 4 is 11.9 Å². The number of hydrogen-bond donors (Lipinski definition) is 1. The van der Waals surface area contributed by atoms with E-state index in [1.54, 1.807) is 13.8 Å². The highest BCUT2D eigenvalue weighted by Gasteiger charge is 2.37. The molecule has 0 saturated carbocycles. The van der Waals surface area contributed by atoms with E-state index < -0.39 is 65.9 Å². The Bertz CT molecular complexity index is 1680. The first-order valence-electron chi connectivity index (χ1n) is 13.6. The number of aromatic nitrogens is 6. The molecule has 0 bridgehead atoms. The number of aryl methyl sites for hydroxylation is 2. The van der Waals surface area contributed by atoms with Crippen molar-refractivity contribution in [1.29, 1.82) is 0 Å². The van der Waals surface area contributed by atoms with Crippen molar-refractivity contribution in [2.45, 2.75) is 64.3 Å². The molecule has 0 radical (unpaired) electrons. The Morgan fingerprint density at radius 3 is 1.93 bits per heavy atom. The molecule has 0 spiro atoms. The van der Waals surface area contributed by atoms with Crippen LogP contribution in [0.5, 0.6) is 0 Å². The summed E-state index contributed by atoms with van der Waals surface area (Å²) in [6.07, 6.45) is -13.2. The first-order chi connectivity index (χ1) is 21.3. The Kier molecular flexibility index (Phi) is 9.40. The third-order valence-corrected chi connectivity index (χ3v) is 7.03. The Morgan fingerprint density at radius 1 is 0.848 bits per heavy atom. The standard InChI is InChI=1S/C28H26F9N7O2/c1-4-16-14-44(22(5-2)24(45)46)39-23(16)21-7-6-18(26(29,30)31)10-17(21)13-43(25-38-41-42(3)40-25)12-15-8-19(27(32,33)34)11-20(9-15)28(35,36)37/h6-11,14,22H,4-5,12-13H2,1-3H3,(H,45,46). The second-order valence-corrected chi connectivity index (χ2v) is 10.3. The average Bonchev–Trinajstić information content (AvgIpc) is 3.57. The number of hydrogen-bond acceptors (Lipinski definition) is 6. The molecule has 0 fully saturated rings. The van der Waals surface area contributed by atoms with E-state index in [1.165, 1.54) is 17.9 Å². The Labute approximate surface area is 255 Å². The summed E-state index contributed by atoms with van der Waals surface area (Å²) in [5, 5.41) is 25.4. The van der Waals surface area contributed by atoms with Crippen LogP contribution in [0.3, 0.4) is 0 Å². The van der Waals surface area contributed by atoms with Gasteiger partial charge in [0.15, 0.2) is 0 Å². The zero-order chi connectivity index (χ0) is 34.2. The van der Waals surface area contributed by atoms with E-state index in [1.807, 2.05) is 0 Å². The van der Waals surface area contributed by atoms with Gasteiger partial charge in [-0.2, -0.15) is 49.4 Å². The average molecular weight is 664 g/mol. The Morgan fingerprint density at radius 2 is 1.46 bits per heavy atom. The topological polar surface area (TPSA) is 102 Å². The van der Waals surface area contributed by atoms with Crippen LogP contribution in [0.4, 0.5) is 45.5 Å². The molecule has 248 valence electrons. The highest BCUT2D eigenvalue weighted by molar-refractivity contribution is 5.73. The van der Waals surface area contributed by atoms with Crippen LogP contribution in [-0.2, 0) is 49.9 Å². The molecule has 4 rings (SSSR count). The van der Waals surface area contributed by atoms with Gasteiger partial charge in [-0.15, -0.1) is 5.10 Å². The summed E-state index contributed by atoms with van der Waals surface area (Å²) < 4.78 is 124. The van der Waals surface area contributed by atoms with Crippen molar-refractivity contribution in [2.75, 3.05) is 4.90 Å². The van der Waals surface area contributed by atoms with Gasteiger partial charge >= 0.3 is 24.5 Å². The van der Waals surface area contributed by atoms with Crippen LogP contribution in [0.25, 0.3) is 11.3 Å². The number of nitrogens with zero attached hydrogens (tertiary/aromatic N) is 7. The largest absolute Gasteiger partial charge is 0.480 e. The van der Waals surface area contributed by atoms with Gasteiger partial charge in [0.05, 0.1) is 29.4 Å². The number of tetrazole rings is 1. The fourth-order valence-corrected chi connectivity index (χ4v) is 4.82. The van der Waals surface area contributed by atoms with E-state index in [2.05, 4.69) is 20.5 Å². The van der Waals surface area contributed by atoms with E-state index in [9.17, 15) is 49.4 Å². The fraction of sp³-hybridized carbons (Fsp3) is 0.393. The monoisotopic (exact) mass is 663 g/mol. The van der Waals surface area contributed by atoms with E-state index >= 15 is 0 Å². The van der Waals surface area contributed by atoms with E-state index in [0.29, 0.717) is 24.1 Å². The smallest absolute Gasteiger partial charge is 0.416 e. The van der Waals surface area contributed by atoms with Crippen LogP contribution < -0.4 is 4.90 Å². The van der Waals surface area contributed by atoms with Crippen molar-refractivity contribution in [1.82, 2.24) is 30.0 Å². The molecule has 0 amide bonds. The lowest BCUT2D eigenvalue weighted by molar-refractivity contribution is -0.143. The number of benzene rings is 2. The minimum Gasteiger partial charge on any atom is -0.480 e. The summed E-state index contributed by atoms with van der Waals surface area (Å²) in [4.78, 5) is 13.8. The molecule has 9 nitrogen and oxygen atoms in total. The van der Waals surface area contributed by atoms with E-state index in [0.717, 1.165) is 27.9 Å². The molecule has 2 heterocycles. The molecular formula is C28H26F9N7O2. The lowest BCUT2D eigenvalue weighted by atomic mass is 9.97. The lowest BCUT2D eigenvalue weighted by Crippen LogP contribution is -2.25. The number of anilines is 1. The van der Waals surface area contributed by atoms with E-state index in [4.69, 9.17) is 0 Å². The van der Waals surface area contributed by atoms with Gasteiger partial charge in [0.2, 0.25) is 0 Å². The maximum atomic E-state index is 13.9. The fourth-order valence-electron chi connectivity index (χ4n) is 4.82. The molecule has 4 aromatic rings. The number of halogens is 9. The summed E-state index contributed by atoms with van der Waals surface area (Å²) in [5.41, 5.74) is -4.06. The Balaban J connectivity index is 1.89. The van der Waals surface area contributed by atoms with Crippen LogP contribution in [0.1, 0.15) is 59.7 Å². The van der Waals surface area contributed by atoms with Gasteiger partial charge in [0.1, 0.15) is 6.04 Å². The second kappa shape index (κ2) is 12.6.